The maximum Gasteiger partial charge on any atom is 0.303 e. The minimum absolute atomic E-state index is 0.132. The third-order valence-corrected chi connectivity index (χ3v) is 5.53. The largest absolute Gasteiger partial charge is 0.493 e. The fraction of sp³-hybridized carbons (Fsp3) is 0.381. The average Bonchev–Trinajstić information content (AvgIpc) is 3.21. The van der Waals surface area contributed by atoms with Gasteiger partial charge in [-0.2, -0.15) is 0 Å². The molecule has 4 rings (SSSR count). The number of carboxylic acid groups (broad SMARTS) is 1. The first-order valence-electron chi connectivity index (χ1n) is 8.96. The Morgan fingerprint density at radius 1 is 1.27 bits per heavy atom. The minimum atomic E-state index is -0.700. The minimum Gasteiger partial charge on any atom is -0.493 e. The highest BCUT2D eigenvalue weighted by atomic mass is 79.9. The van der Waals surface area contributed by atoms with E-state index in [0.29, 0.717) is 0 Å². The van der Waals surface area contributed by atoms with Crippen molar-refractivity contribution in [2.75, 3.05) is 6.61 Å². The van der Waals surface area contributed by atoms with E-state index in [1.807, 2.05) is 37.3 Å². The number of fused-ring (bicyclic) bond motifs is 3. The first-order valence-corrected chi connectivity index (χ1v) is 9.75. The van der Waals surface area contributed by atoms with E-state index < -0.39 is 5.97 Å². The molecule has 0 fully saturated rings. The van der Waals surface area contributed by atoms with Crippen molar-refractivity contribution < 1.29 is 14.6 Å². The second-order valence-corrected chi connectivity index (χ2v) is 7.80. The SMILES string of the molecule is C[C@H](N)c1ccc(Br)cc1.O=C(O)C[C@H]1CCc2ccc3c(c21)CCO3. The molecule has 5 heteroatoms. The van der Waals surface area contributed by atoms with E-state index in [2.05, 4.69) is 22.0 Å². The molecule has 0 saturated heterocycles. The number of hydrogen-bond donors (Lipinski definition) is 2. The molecule has 0 radical (unpaired) electrons. The topological polar surface area (TPSA) is 72.6 Å². The van der Waals surface area contributed by atoms with Crippen molar-refractivity contribution in [1.82, 2.24) is 0 Å². The molecule has 2 aromatic rings. The van der Waals surface area contributed by atoms with Crippen LogP contribution in [-0.4, -0.2) is 17.7 Å². The first kappa shape index (κ1) is 18.9. The summed E-state index contributed by atoms with van der Waals surface area (Å²) in [6, 6.07) is 12.3. The maximum atomic E-state index is 10.8. The molecule has 0 amide bonds. The molecule has 26 heavy (non-hydrogen) atoms. The molecular weight excluding hydrogens is 394 g/mol. The van der Waals surface area contributed by atoms with Gasteiger partial charge in [-0.3, -0.25) is 4.79 Å². The van der Waals surface area contributed by atoms with Crippen molar-refractivity contribution in [1.29, 1.82) is 0 Å². The predicted molar refractivity (Wildman–Crippen MR) is 106 cm³/mol. The number of carbonyl (C=O) groups is 1. The number of aryl methyl sites for hydroxylation is 1. The molecule has 0 spiro atoms. The molecule has 0 unspecified atom stereocenters. The highest BCUT2D eigenvalue weighted by Crippen LogP contribution is 2.43. The van der Waals surface area contributed by atoms with Gasteiger partial charge in [0.1, 0.15) is 5.75 Å². The Bertz CT molecular complexity index is 787. The quantitative estimate of drug-likeness (QED) is 0.765. The lowest BCUT2D eigenvalue weighted by molar-refractivity contribution is -0.137. The van der Waals surface area contributed by atoms with Crippen molar-refractivity contribution in [3.63, 3.8) is 0 Å². The lowest BCUT2D eigenvalue weighted by Crippen LogP contribution is -2.05. The van der Waals surface area contributed by atoms with E-state index in [-0.39, 0.29) is 18.4 Å². The summed E-state index contributed by atoms with van der Waals surface area (Å²) in [5.74, 6) is 0.467. The van der Waals surface area contributed by atoms with Gasteiger partial charge in [0.15, 0.2) is 0 Å². The van der Waals surface area contributed by atoms with Gasteiger partial charge >= 0.3 is 5.97 Å². The van der Waals surface area contributed by atoms with Crippen molar-refractivity contribution in [3.8, 4) is 5.75 Å². The van der Waals surface area contributed by atoms with E-state index in [9.17, 15) is 4.79 Å². The van der Waals surface area contributed by atoms with Crippen LogP contribution >= 0.6 is 15.9 Å². The van der Waals surface area contributed by atoms with Crippen LogP contribution in [0.4, 0.5) is 0 Å². The predicted octanol–water partition coefficient (Wildman–Crippen LogP) is 4.59. The van der Waals surface area contributed by atoms with Gasteiger partial charge in [-0.25, -0.2) is 0 Å². The molecule has 1 aliphatic carbocycles. The van der Waals surface area contributed by atoms with Crippen LogP contribution in [0.15, 0.2) is 40.9 Å². The number of benzene rings is 2. The van der Waals surface area contributed by atoms with Gasteiger partial charge in [-0.15, -0.1) is 0 Å². The Hall–Kier alpha value is -1.85. The number of hydrogen-bond acceptors (Lipinski definition) is 3. The van der Waals surface area contributed by atoms with E-state index in [0.717, 1.165) is 36.1 Å². The van der Waals surface area contributed by atoms with Crippen LogP contribution in [0.3, 0.4) is 0 Å². The number of nitrogens with two attached hydrogens (primary N) is 1. The third-order valence-electron chi connectivity index (χ3n) is 5.00. The summed E-state index contributed by atoms with van der Waals surface area (Å²) in [4.78, 5) is 10.8. The summed E-state index contributed by atoms with van der Waals surface area (Å²) in [6.45, 7) is 2.72. The zero-order valence-electron chi connectivity index (χ0n) is 14.9. The molecule has 0 saturated carbocycles. The number of ether oxygens (including phenoxy) is 1. The van der Waals surface area contributed by atoms with Crippen molar-refractivity contribution >= 4 is 21.9 Å². The molecule has 4 nitrogen and oxygen atoms in total. The van der Waals surface area contributed by atoms with Crippen LogP contribution in [0.5, 0.6) is 5.75 Å². The number of halogens is 1. The van der Waals surface area contributed by atoms with Gasteiger partial charge < -0.3 is 15.6 Å². The van der Waals surface area contributed by atoms with E-state index in [1.165, 1.54) is 22.3 Å². The molecule has 138 valence electrons. The van der Waals surface area contributed by atoms with Crippen molar-refractivity contribution in [2.24, 2.45) is 5.73 Å². The van der Waals surface area contributed by atoms with Gasteiger partial charge in [0.05, 0.1) is 13.0 Å². The second-order valence-electron chi connectivity index (χ2n) is 6.89. The maximum absolute atomic E-state index is 10.8. The Labute approximate surface area is 162 Å². The third kappa shape index (κ3) is 4.27. The molecule has 0 aromatic heterocycles. The fourth-order valence-electron chi connectivity index (χ4n) is 3.73. The Balaban J connectivity index is 0.000000170. The van der Waals surface area contributed by atoms with Crippen LogP contribution in [0.25, 0.3) is 0 Å². The lowest BCUT2D eigenvalue weighted by Gasteiger charge is -2.12. The van der Waals surface area contributed by atoms with Crippen molar-refractivity contribution in [2.45, 2.75) is 44.6 Å². The summed E-state index contributed by atoms with van der Waals surface area (Å²) < 4.78 is 6.62. The lowest BCUT2D eigenvalue weighted by atomic mass is 9.92. The standard InChI is InChI=1S/C13H14O3.C8H10BrN/c14-12(15)7-9-2-1-8-3-4-11-10(13(8)9)5-6-16-11;1-6(10)7-2-4-8(9)5-3-7/h3-4,9H,1-2,5-7H2,(H,14,15);2-6H,10H2,1H3/t9-;6-/m10/s1. The van der Waals surface area contributed by atoms with Crippen LogP contribution in [0.2, 0.25) is 0 Å². The van der Waals surface area contributed by atoms with E-state index in [1.54, 1.807) is 0 Å². The zero-order valence-corrected chi connectivity index (χ0v) is 16.5. The van der Waals surface area contributed by atoms with Crippen LogP contribution in [-0.2, 0) is 17.6 Å². The molecule has 2 aliphatic rings. The van der Waals surface area contributed by atoms with Gasteiger partial charge in [-0.1, -0.05) is 34.1 Å². The molecule has 0 bridgehead atoms. The van der Waals surface area contributed by atoms with Crippen LogP contribution in [0.1, 0.15) is 54.0 Å². The van der Waals surface area contributed by atoms with Crippen molar-refractivity contribution in [3.05, 3.63) is 63.1 Å². The van der Waals surface area contributed by atoms with E-state index in [4.69, 9.17) is 15.6 Å². The number of rotatable bonds is 3. The summed E-state index contributed by atoms with van der Waals surface area (Å²) in [7, 11) is 0. The molecule has 1 aliphatic heterocycles. The molecular formula is C21H24BrNO3. The first-order chi connectivity index (χ1) is 12.5. The Morgan fingerprint density at radius 3 is 2.65 bits per heavy atom. The molecule has 3 N–H and O–H groups in total. The van der Waals surface area contributed by atoms with Crippen LogP contribution < -0.4 is 10.5 Å². The average molecular weight is 418 g/mol. The van der Waals surface area contributed by atoms with Gasteiger partial charge in [0, 0.05) is 22.5 Å². The van der Waals surface area contributed by atoms with Gasteiger partial charge in [0.25, 0.3) is 0 Å². The monoisotopic (exact) mass is 417 g/mol. The van der Waals surface area contributed by atoms with Gasteiger partial charge in [-0.05, 0) is 60.6 Å². The number of aliphatic carboxylic acids is 1. The van der Waals surface area contributed by atoms with E-state index >= 15 is 0 Å². The number of carboxylic acids is 1. The second kappa shape index (κ2) is 8.23. The smallest absolute Gasteiger partial charge is 0.303 e. The highest BCUT2D eigenvalue weighted by molar-refractivity contribution is 9.10. The normalized spacial score (nSPS) is 18.2. The molecule has 2 aromatic carbocycles. The Kier molecular flexibility index (Phi) is 5.99. The Morgan fingerprint density at radius 2 is 2.00 bits per heavy atom. The molecule has 1 heterocycles. The van der Waals surface area contributed by atoms with Gasteiger partial charge in [0.2, 0.25) is 0 Å². The zero-order chi connectivity index (χ0) is 18.7. The summed E-state index contributed by atoms with van der Waals surface area (Å²) in [5, 5.41) is 8.92. The fourth-order valence-corrected chi connectivity index (χ4v) is 4.00. The highest BCUT2D eigenvalue weighted by Gasteiger charge is 2.30. The molecule has 2 atom stereocenters. The summed E-state index contributed by atoms with van der Waals surface area (Å²) in [5.41, 5.74) is 10.7. The summed E-state index contributed by atoms with van der Waals surface area (Å²) in [6.07, 6.45) is 3.18. The summed E-state index contributed by atoms with van der Waals surface area (Å²) >= 11 is 3.35. The van der Waals surface area contributed by atoms with Crippen LogP contribution in [0, 0.1) is 0 Å².